The molecule has 4 rings (SSSR count). The molecule has 0 saturated carbocycles. The van der Waals surface area contributed by atoms with Crippen LogP contribution in [0.25, 0.3) is 16.7 Å². The molecule has 0 spiro atoms. The average Bonchev–Trinajstić information content (AvgIpc) is 3.36. The highest BCUT2D eigenvalue weighted by molar-refractivity contribution is 7.99. The Hall–Kier alpha value is -4.45. The minimum atomic E-state index is -0.676. The zero-order valence-electron chi connectivity index (χ0n) is 19.5. The van der Waals surface area contributed by atoms with Crippen molar-refractivity contribution in [3.8, 4) is 5.69 Å². The maximum absolute atomic E-state index is 13.2. The fraction of sp³-hybridized carbons (Fsp3) is 0.167. The largest absolute Gasteiger partial charge is 0.465 e. The van der Waals surface area contributed by atoms with Gasteiger partial charge in [-0.05, 0) is 36.8 Å². The van der Waals surface area contributed by atoms with Gasteiger partial charge in [0, 0.05) is 5.69 Å². The number of para-hydroxylation sites is 1. The number of nitrogens with zero attached hydrogens (tertiary/aromatic N) is 3. The highest BCUT2D eigenvalue weighted by Crippen LogP contribution is 2.23. The zero-order valence-corrected chi connectivity index (χ0v) is 20.3. The van der Waals surface area contributed by atoms with Gasteiger partial charge >= 0.3 is 11.9 Å². The fourth-order valence-electron chi connectivity index (χ4n) is 3.50. The minimum absolute atomic E-state index is 0.0723. The molecule has 4 aromatic rings. The maximum Gasteiger partial charge on any atom is 0.337 e. The summed E-state index contributed by atoms with van der Waals surface area (Å²) in [6.45, 7) is 1.87. The number of thioether (sulfide) groups is 1. The smallest absolute Gasteiger partial charge is 0.337 e. The van der Waals surface area contributed by atoms with Crippen LogP contribution in [0.15, 0.2) is 58.6 Å². The van der Waals surface area contributed by atoms with Gasteiger partial charge in [-0.1, -0.05) is 30.0 Å². The van der Waals surface area contributed by atoms with Gasteiger partial charge in [0.05, 0.1) is 43.0 Å². The molecule has 0 bridgehead atoms. The molecule has 2 heterocycles. The maximum atomic E-state index is 13.2. The molecule has 0 atom stereocenters. The van der Waals surface area contributed by atoms with Crippen molar-refractivity contribution in [1.29, 1.82) is 0 Å². The molecular weight excluding hydrogens is 486 g/mol. The van der Waals surface area contributed by atoms with E-state index in [9.17, 15) is 19.2 Å². The lowest BCUT2D eigenvalue weighted by atomic mass is 10.1. The van der Waals surface area contributed by atoms with Crippen molar-refractivity contribution in [3.63, 3.8) is 0 Å². The Labute approximate surface area is 208 Å². The van der Waals surface area contributed by atoms with Gasteiger partial charge in [0.25, 0.3) is 5.56 Å². The highest BCUT2D eigenvalue weighted by Gasteiger charge is 2.18. The molecule has 36 heavy (non-hydrogen) atoms. The third-order valence-corrected chi connectivity index (χ3v) is 6.14. The number of fused-ring (bicyclic) bond motifs is 1. The van der Waals surface area contributed by atoms with Crippen LogP contribution in [-0.4, -0.2) is 57.6 Å². The molecule has 12 heteroatoms. The second-order valence-corrected chi connectivity index (χ2v) is 8.52. The molecular formula is C24H21N5O6S. The lowest BCUT2D eigenvalue weighted by molar-refractivity contribution is -0.113. The number of H-pyrrole nitrogens is 1. The summed E-state index contributed by atoms with van der Waals surface area (Å²) >= 11 is 1.05. The molecule has 0 radical (unpaired) electrons. The van der Waals surface area contributed by atoms with Crippen LogP contribution in [0, 0.1) is 6.92 Å². The third-order valence-electron chi connectivity index (χ3n) is 5.20. The van der Waals surface area contributed by atoms with E-state index in [2.05, 4.69) is 20.5 Å². The topological polar surface area (TPSA) is 145 Å². The van der Waals surface area contributed by atoms with Crippen LogP contribution >= 0.6 is 11.8 Å². The van der Waals surface area contributed by atoms with Crippen molar-refractivity contribution in [2.45, 2.75) is 12.1 Å². The summed E-state index contributed by atoms with van der Waals surface area (Å²) in [4.78, 5) is 54.5. The number of rotatable bonds is 7. The summed E-state index contributed by atoms with van der Waals surface area (Å²) in [5, 5.41) is 9.87. The molecule has 2 aromatic carbocycles. The number of carbonyl (C=O) groups is 3. The Kier molecular flexibility index (Phi) is 7.15. The van der Waals surface area contributed by atoms with Crippen LogP contribution in [0.3, 0.4) is 0 Å². The van der Waals surface area contributed by atoms with E-state index in [4.69, 9.17) is 9.47 Å². The predicted octanol–water partition coefficient (Wildman–Crippen LogP) is 2.72. The van der Waals surface area contributed by atoms with Gasteiger partial charge in [-0.15, -0.1) is 0 Å². The highest BCUT2D eigenvalue weighted by atomic mass is 32.2. The number of hydrogen-bond donors (Lipinski definition) is 2. The first-order valence-corrected chi connectivity index (χ1v) is 11.6. The first-order valence-electron chi connectivity index (χ1n) is 10.6. The van der Waals surface area contributed by atoms with E-state index >= 15 is 0 Å². The van der Waals surface area contributed by atoms with Crippen LogP contribution in [0.2, 0.25) is 0 Å². The van der Waals surface area contributed by atoms with Crippen LogP contribution in [-0.2, 0) is 14.3 Å². The number of nitrogens with one attached hydrogen (secondary N) is 2. The molecule has 0 fully saturated rings. The molecule has 1 amide bonds. The van der Waals surface area contributed by atoms with Crippen molar-refractivity contribution in [2.24, 2.45) is 0 Å². The normalized spacial score (nSPS) is 10.8. The van der Waals surface area contributed by atoms with E-state index < -0.39 is 17.8 Å². The summed E-state index contributed by atoms with van der Waals surface area (Å²) < 4.78 is 10.9. The number of aromatic nitrogens is 4. The number of hydrogen-bond acceptors (Lipinski definition) is 9. The number of benzene rings is 2. The minimum Gasteiger partial charge on any atom is -0.465 e. The van der Waals surface area contributed by atoms with E-state index in [-0.39, 0.29) is 28.1 Å². The SMILES string of the molecule is COC(=O)c1cc(NC(=O)CSc2nc3[nH]ncc3c(=O)n2-c2ccccc2C)cc(C(=O)OC)c1. The molecule has 0 aliphatic carbocycles. The first-order chi connectivity index (χ1) is 17.3. The van der Waals surface area contributed by atoms with Crippen LogP contribution in [0.4, 0.5) is 5.69 Å². The number of carbonyl (C=O) groups excluding carboxylic acids is 3. The summed E-state index contributed by atoms with van der Waals surface area (Å²) in [5.74, 6) is -1.92. The van der Waals surface area contributed by atoms with E-state index in [0.717, 1.165) is 17.3 Å². The van der Waals surface area contributed by atoms with Crippen molar-refractivity contribution < 1.29 is 23.9 Å². The van der Waals surface area contributed by atoms with Gasteiger partial charge < -0.3 is 14.8 Å². The quantitative estimate of drug-likeness (QED) is 0.219. The van der Waals surface area contributed by atoms with Gasteiger partial charge in [-0.25, -0.2) is 14.6 Å². The van der Waals surface area contributed by atoms with Gasteiger partial charge in [0.1, 0.15) is 5.39 Å². The van der Waals surface area contributed by atoms with Crippen LogP contribution in [0.1, 0.15) is 26.3 Å². The second-order valence-electron chi connectivity index (χ2n) is 7.57. The lowest BCUT2D eigenvalue weighted by Crippen LogP contribution is -2.23. The summed E-state index contributed by atoms with van der Waals surface area (Å²) in [5.41, 5.74) is 1.82. The van der Waals surface area contributed by atoms with Crippen LogP contribution in [0.5, 0.6) is 0 Å². The summed E-state index contributed by atoms with van der Waals surface area (Å²) in [7, 11) is 2.42. The number of ether oxygens (including phenoxy) is 2. The monoisotopic (exact) mass is 507 g/mol. The van der Waals surface area contributed by atoms with Crippen molar-refractivity contribution >= 4 is 46.3 Å². The molecule has 0 unspecified atom stereocenters. The summed E-state index contributed by atoms with van der Waals surface area (Å²) in [6.07, 6.45) is 1.41. The average molecular weight is 508 g/mol. The van der Waals surface area contributed by atoms with Crippen molar-refractivity contribution in [2.75, 3.05) is 25.3 Å². The van der Waals surface area contributed by atoms with E-state index in [1.165, 1.54) is 43.2 Å². The van der Waals surface area contributed by atoms with Crippen molar-refractivity contribution in [3.05, 3.63) is 75.7 Å². The van der Waals surface area contributed by atoms with E-state index in [1.54, 1.807) is 6.07 Å². The molecule has 11 nitrogen and oxygen atoms in total. The van der Waals surface area contributed by atoms with E-state index in [1.807, 2.05) is 25.1 Å². The van der Waals surface area contributed by atoms with Gasteiger partial charge in [0.2, 0.25) is 5.91 Å². The molecule has 0 aliphatic heterocycles. The number of aromatic amines is 1. The van der Waals surface area contributed by atoms with E-state index in [0.29, 0.717) is 21.9 Å². The van der Waals surface area contributed by atoms with Gasteiger partial charge in [-0.3, -0.25) is 19.3 Å². The standard InChI is InChI=1S/C24H21N5O6S/c1-13-6-4-5-7-18(13)29-21(31)17-11-25-28-20(17)27-24(29)36-12-19(30)26-16-9-14(22(32)34-2)8-15(10-16)23(33)35-3/h4-11H,12H2,1-3H3,(H,25,28)(H,26,30). The number of methoxy groups -OCH3 is 2. The first kappa shape index (κ1) is 24.7. The Balaban J connectivity index is 1.62. The van der Waals surface area contributed by atoms with Crippen molar-refractivity contribution in [1.82, 2.24) is 19.7 Å². The Morgan fingerprint density at radius 2 is 1.72 bits per heavy atom. The Bertz CT molecular complexity index is 1510. The number of anilines is 1. The second kappa shape index (κ2) is 10.4. The molecule has 184 valence electrons. The van der Waals surface area contributed by atoms with Crippen LogP contribution < -0.4 is 10.9 Å². The molecule has 0 saturated heterocycles. The van der Waals surface area contributed by atoms with Gasteiger partial charge in [-0.2, -0.15) is 5.10 Å². The van der Waals surface area contributed by atoms with Gasteiger partial charge in [0.15, 0.2) is 10.8 Å². The number of esters is 2. The number of aryl methyl sites for hydroxylation is 1. The zero-order chi connectivity index (χ0) is 25.8. The molecule has 0 aliphatic rings. The summed E-state index contributed by atoms with van der Waals surface area (Å²) in [6, 6.07) is 11.4. The molecule has 2 aromatic heterocycles. The molecule has 2 N–H and O–H groups in total. The fourth-order valence-corrected chi connectivity index (χ4v) is 4.29. The predicted molar refractivity (Wildman–Crippen MR) is 133 cm³/mol. The lowest BCUT2D eigenvalue weighted by Gasteiger charge is -2.14. The number of amides is 1. The third kappa shape index (κ3) is 4.98. The Morgan fingerprint density at radius 3 is 2.36 bits per heavy atom. The Morgan fingerprint density at radius 1 is 1.06 bits per heavy atom.